The molecule has 0 saturated carbocycles. The van der Waals surface area contributed by atoms with Gasteiger partial charge in [0.05, 0.1) is 5.69 Å². The second-order valence-electron chi connectivity index (χ2n) is 4.64. The predicted octanol–water partition coefficient (Wildman–Crippen LogP) is 1.89. The summed E-state index contributed by atoms with van der Waals surface area (Å²) in [4.78, 5) is 1.89. The lowest BCUT2D eigenvalue weighted by Gasteiger charge is -2.29. The van der Waals surface area contributed by atoms with Crippen LogP contribution in [0.15, 0.2) is 11.6 Å². The van der Waals surface area contributed by atoms with Crippen LogP contribution in [0, 0.1) is 6.92 Å². The molecule has 0 unspecified atom stereocenters. The molecular weight excluding hydrogens is 257 g/mol. The molecule has 0 fully saturated rings. The summed E-state index contributed by atoms with van der Waals surface area (Å²) in [6.07, 6.45) is -2.98. The number of alkyl halides is 3. The van der Waals surface area contributed by atoms with E-state index in [4.69, 9.17) is 5.73 Å². The van der Waals surface area contributed by atoms with Gasteiger partial charge in [-0.3, -0.25) is 4.68 Å². The highest BCUT2D eigenvalue weighted by molar-refractivity contribution is 5.51. The van der Waals surface area contributed by atoms with Crippen LogP contribution in [0.1, 0.15) is 17.7 Å². The average Bonchev–Trinajstić information content (AvgIpc) is 2.62. The van der Waals surface area contributed by atoms with Crippen LogP contribution in [0.5, 0.6) is 0 Å². The Kier molecular flexibility index (Phi) is 3.58. The van der Waals surface area contributed by atoms with Crippen molar-refractivity contribution in [1.82, 2.24) is 9.78 Å². The fourth-order valence-corrected chi connectivity index (χ4v) is 2.44. The molecule has 0 saturated heterocycles. The number of halogens is 3. The van der Waals surface area contributed by atoms with Crippen LogP contribution >= 0.6 is 0 Å². The Morgan fingerprint density at radius 3 is 2.58 bits per heavy atom. The molecule has 4 nitrogen and oxygen atoms in total. The van der Waals surface area contributed by atoms with E-state index in [2.05, 4.69) is 5.10 Å². The van der Waals surface area contributed by atoms with Crippen molar-refractivity contribution in [2.75, 3.05) is 18.0 Å². The topological polar surface area (TPSA) is 47.1 Å². The van der Waals surface area contributed by atoms with Gasteiger partial charge >= 0.3 is 6.18 Å². The van der Waals surface area contributed by atoms with Crippen molar-refractivity contribution in [3.8, 4) is 0 Å². The predicted molar refractivity (Wildman–Crippen MR) is 66.8 cm³/mol. The van der Waals surface area contributed by atoms with Gasteiger partial charge in [0.25, 0.3) is 0 Å². The lowest BCUT2D eigenvalue weighted by Crippen LogP contribution is -2.33. The standard InChI is InChI=1S/C12H17F3N4/c1-8-10(7-16)11(18(2)17-8)19-5-3-9(4-6-19)12(13,14)15/h3H,4-7,16H2,1-2H3. The zero-order valence-corrected chi connectivity index (χ0v) is 11.0. The highest BCUT2D eigenvalue weighted by atomic mass is 19.4. The molecule has 2 rings (SSSR count). The van der Waals surface area contributed by atoms with Crippen LogP contribution in [-0.2, 0) is 13.6 Å². The van der Waals surface area contributed by atoms with Crippen LogP contribution in [0.3, 0.4) is 0 Å². The van der Waals surface area contributed by atoms with E-state index in [9.17, 15) is 13.2 Å². The van der Waals surface area contributed by atoms with Gasteiger partial charge in [0, 0.05) is 37.8 Å². The molecule has 0 amide bonds. The van der Waals surface area contributed by atoms with E-state index >= 15 is 0 Å². The van der Waals surface area contributed by atoms with Gasteiger partial charge in [-0.05, 0) is 13.3 Å². The maximum Gasteiger partial charge on any atom is 0.412 e. The summed E-state index contributed by atoms with van der Waals surface area (Å²) < 4.78 is 39.4. The summed E-state index contributed by atoms with van der Waals surface area (Å²) in [5.74, 6) is 0.817. The Bertz CT molecular complexity index is 502. The fourth-order valence-electron chi connectivity index (χ4n) is 2.44. The lowest BCUT2D eigenvalue weighted by atomic mass is 10.1. The van der Waals surface area contributed by atoms with Crippen LogP contribution in [0.25, 0.3) is 0 Å². The van der Waals surface area contributed by atoms with E-state index in [0.29, 0.717) is 13.1 Å². The van der Waals surface area contributed by atoms with Gasteiger partial charge in [0.15, 0.2) is 0 Å². The number of nitrogens with zero attached hydrogens (tertiary/aromatic N) is 3. The van der Waals surface area contributed by atoms with E-state index in [1.54, 1.807) is 11.7 Å². The molecule has 0 aliphatic carbocycles. The second kappa shape index (κ2) is 4.88. The van der Waals surface area contributed by atoms with Gasteiger partial charge in [-0.25, -0.2) is 0 Å². The molecule has 2 N–H and O–H groups in total. The number of anilines is 1. The third-order valence-electron chi connectivity index (χ3n) is 3.39. The monoisotopic (exact) mass is 274 g/mol. The molecule has 0 bridgehead atoms. The summed E-state index contributed by atoms with van der Waals surface area (Å²) in [7, 11) is 1.78. The highest BCUT2D eigenvalue weighted by Gasteiger charge is 2.35. The Balaban J connectivity index is 2.25. The minimum Gasteiger partial charge on any atom is -0.352 e. The number of aryl methyl sites for hydroxylation is 2. The summed E-state index contributed by atoms with van der Waals surface area (Å²) >= 11 is 0. The van der Waals surface area contributed by atoms with E-state index in [-0.39, 0.29) is 13.0 Å². The molecule has 0 atom stereocenters. The number of hydrogen-bond donors (Lipinski definition) is 1. The molecule has 1 aromatic rings. The lowest BCUT2D eigenvalue weighted by molar-refractivity contribution is -0.0944. The normalized spacial score (nSPS) is 16.7. The van der Waals surface area contributed by atoms with E-state index in [1.165, 1.54) is 6.08 Å². The van der Waals surface area contributed by atoms with Crippen molar-refractivity contribution in [3.05, 3.63) is 22.9 Å². The summed E-state index contributed by atoms with van der Waals surface area (Å²) in [5.41, 5.74) is 6.96. The van der Waals surface area contributed by atoms with Crippen LogP contribution in [0.2, 0.25) is 0 Å². The largest absolute Gasteiger partial charge is 0.412 e. The Morgan fingerprint density at radius 2 is 2.11 bits per heavy atom. The molecule has 1 aromatic heterocycles. The molecule has 7 heteroatoms. The molecule has 1 aliphatic heterocycles. The van der Waals surface area contributed by atoms with Crippen molar-refractivity contribution < 1.29 is 13.2 Å². The molecule has 0 aromatic carbocycles. The number of aromatic nitrogens is 2. The van der Waals surface area contributed by atoms with Gasteiger partial charge in [0.2, 0.25) is 0 Å². The molecule has 0 radical (unpaired) electrons. The Hall–Kier alpha value is -1.50. The molecule has 19 heavy (non-hydrogen) atoms. The van der Waals surface area contributed by atoms with Crippen molar-refractivity contribution in [2.24, 2.45) is 12.8 Å². The zero-order valence-electron chi connectivity index (χ0n) is 11.0. The summed E-state index contributed by atoms with van der Waals surface area (Å²) in [6, 6.07) is 0. The molecule has 0 spiro atoms. The van der Waals surface area contributed by atoms with Gasteiger partial charge in [0.1, 0.15) is 5.82 Å². The van der Waals surface area contributed by atoms with Crippen molar-refractivity contribution in [2.45, 2.75) is 26.1 Å². The Labute approximate surface area is 109 Å². The number of nitrogens with two attached hydrogens (primary N) is 1. The highest BCUT2D eigenvalue weighted by Crippen LogP contribution is 2.32. The maximum atomic E-state index is 12.6. The second-order valence-corrected chi connectivity index (χ2v) is 4.64. The molecule has 1 aliphatic rings. The quantitative estimate of drug-likeness (QED) is 0.838. The van der Waals surface area contributed by atoms with E-state index in [0.717, 1.165) is 17.1 Å². The van der Waals surface area contributed by atoms with E-state index < -0.39 is 11.7 Å². The summed E-state index contributed by atoms with van der Waals surface area (Å²) in [5, 5.41) is 4.28. The van der Waals surface area contributed by atoms with Gasteiger partial charge < -0.3 is 10.6 Å². The van der Waals surface area contributed by atoms with Gasteiger partial charge in [-0.1, -0.05) is 6.08 Å². The van der Waals surface area contributed by atoms with E-state index in [1.807, 2.05) is 11.8 Å². The van der Waals surface area contributed by atoms with Crippen molar-refractivity contribution >= 4 is 5.82 Å². The first kappa shape index (κ1) is 13.9. The third-order valence-corrected chi connectivity index (χ3v) is 3.39. The van der Waals surface area contributed by atoms with Crippen molar-refractivity contribution in [3.63, 3.8) is 0 Å². The summed E-state index contributed by atoms with van der Waals surface area (Å²) in [6.45, 7) is 2.76. The third kappa shape index (κ3) is 2.60. The van der Waals surface area contributed by atoms with Gasteiger partial charge in [-0.2, -0.15) is 18.3 Å². The minimum atomic E-state index is -4.22. The zero-order chi connectivity index (χ0) is 14.2. The first-order chi connectivity index (χ1) is 8.84. The number of rotatable bonds is 2. The van der Waals surface area contributed by atoms with Crippen molar-refractivity contribution in [1.29, 1.82) is 0 Å². The smallest absolute Gasteiger partial charge is 0.352 e. The number of hydrogen-bond acceptors (Lipinski definition) is 3. The van der Waals surface area contributed by atoms with Gasteiger partial charge in [-0.15, -0.1) is 0 Å². The average molecular weight is 274 g/mol. The molecule has 2 heterocycles. The molecular formula is C12H17F3N4. The fraction of sp³-hybridized carbons (Fsp3) is 0.583. The van der Waals surface area contributed by atoms with Crippen LogP contribution in [-0.4, -0.2) is 29.0 Å². The first-order valence-electron chi connectivity index (χ1n) is 6.08. The van der Waals surface area contributed by atoms with Crippen LogP contribution < -0.4 is 10.6 Å². The minimum absolute atomic E-state index is 0.00224. The van der Waals surface area contributed by atoms with Crippen LogP contribution in [0.4, 0.5) is 19.0 Å². The SMILES string of the molecule is Cc1nn(C)c(N2CC=C(C(F)(F)F)CC2)c1CN. The first-order valence-corrected chi connectivity index (χ1v) is 6.08. The molecule has 106 valence electrons. The Morgan fingerprint density at radius 1 is 1.42 bits per heavy atom. The maximum absolute atomic E-state index is 12.6.